The Morgan fingerprint density at radius 1 is 1.26 bits per heavy atom. The highest BCUT2D eigenvalue weighted by molar-refractivity contribution is 6.34. The van der Waals surface area contributed by atoms with E-state index in [1.54, 1.807) is 45.0 Å². The van der Waals surface area contributed by atoms with Gasteiger partial charge in [-0.3, -0.25) is 9.59 Å². The number of anilines is 2. The number of benzene rings is 1. The summed E-state index contributed by atoms with van der Waals surface area (Å²) in [7, 11) is 1.52. The molecular formula is C22H24ClN5O3. The van der Waals surface area contributed by atoms with Gasteiger partial charge in [0, 0.05) is 24.5 Å². The number of H-pyrrole nitrogens is 1. The molecule has 0 radical (unpaired) electrons. The monoisotopic (exact) mass is 441 g/mol. The predicted octanol–water partition coefficient (Wildman–Crippen LogP) is 3.11. The van der Waals surface area contributed by atoms with Crippen LogP contribution in [0.25, 0.3) is 10.9 Å². The number of rotatable bonds is 6. The number of nitriles is 1. The lowest BCUT2D eigenvalue weighted by molar-refractivity contribution is 0.0945. The maximum absolute atomic E-state index is 12.7. The predicted molar refractivity (Wildman–Crippen MR) is 123 cm³/mol. The molecule has 1 aromatic carbocycles. The Labute approximate surface area is 184 Å². The summed E-state index contributed by atoms with van der Waals surface area (Å²) in [4.78, 5) is 28.0. The standard InChI is InChI=1S/C22H24ClN5O3/c1-12(26-17-6-5-14(10-24)28(4)21(17)30)15-7-13-8-16(23)19(25-11-22(2,3)31)9-18(13)27-20(15)29/h5-9,12,25-26,31H,11H2,1-4H3,(H,27,29)/t12-/m0/s1. The van der Waals surface area contributed by atoms with Crippen LogP contribution in [0.3, 0.4) is 0 Å². The first-order chi connectivity index (χ1) is 14.5. The molecule has 0 spiro atoms. The number of nitrogens with one attached hydrogen (secondary N) is 3. The van der Waals surface area contributed by atoms with E-state index in [1.165, 1.54) is 17.7 Å². The molecule has 2 aromatic heterocycles. The summed E-state index contributed by atoms with van der Waals surface area (Å²) >= 11 is 6.38. The summed E-state index contributed by atoms with van der Waals surface area (Å²) in [6, 6.07) is 9.74. The summed E-state index contributed by atoms with van der Waals surface area (Å²) in [6.45, 7) is 5.42. The van der Waals surface area contributed by atoms with E-state index in [-0.39, 0.29) is 22.5 Å². The molecule has 0 aliphatic rings. The van der Waals surface area contributed by atoms with Crippen LogP contribution in [0, 0.1) is 11.3 Å². The largest absolute Gasteiger partial charge is 0.389 e. The first kappa shape index (κ1) is 22.4. The average Bonchev–Trinajstić information content (AvgIpc) is 2.69. The SMILES string of the molecule is C[C@H](Nc1ccc(C#N)n(C)c1=O)c1cc2cc(Cl)c(NCC(C)(C)O)cc2[nH]c1=O. The third kappa shape index (κ3) is 4.90. The van der Waals surface area contributed by atoms with Gasteiger partial charge in [-0.15, -0.1) is 0 Å². The van der Waals surface area contributed by atoms with Crippen LogP contribution in [0.2, 0.25) is 5.02 Å². The zero-order chi connectivity index (χ0) is 22.9. The van der Waals surface area contributed by atoms with Crippen LogP contribution in [0.4, 0.5) is 11.4 Å². The van der Waals surface area contributed by atoms with Gasteiger partial charge in [0.15, 0.2) is 0 Å². The Morgan fingerprint density at radius 2 is 1.97 bits per heavy atom. The number of fused-ring (bicyclic) bond motifs is 1. The van der Waals surface area contributed by atoms with Crippen LogP contribution in [0.5, 0.6) is 0 Å². The molecule has 4 N–H and O–H groups in total. The number of nitrogens with zero attached hydrogens (tertiary/aromatic N) is 2. The fraction of sp³-hybridized carbons (Fsp3) is 0.318. The highest BCUT2D eigenvalue weighted by Crippen LogP contribution is 2.28. The van der Waals surface area contributed by atoms with Gasteiger partial charge in [-0.2, -0.15) is 5.26 Å². The highest BCUT2D eigenvalue weighted by atomic mass is 35.5. The van der Waals surface area contributed by atoms with E-state index in [1.807, 2.05) is 6.07 Å². The summed E-state index contributed by atoms with van der Waals surface area (Å²) in [6.07, 6.45) is 0. The molecule has 2 heterocycles. The van der Waals surface area contributed by atoms with E-state index >= 15 is 0 Å². The lowest BCUT2D eigenvalue weighted by Gasteiger charge is -2.20. The van der Waals surface area contributed by atoms with Gasteiger partial charge in [0.25, 0.3) is 11.1 Å². The number of aromatic amines is 1. The second-order valence-electron chi connectivity index (χ2n) is 8.11. The molecule has 0 bridgehead atoms. The van der Waals surface area contributed by atoms with Crippen molar-refractivity contribution in [3.05, 3.63) is 67.3 Å². The summed E-state index contributed by atoms with van der Waals surface area (Å²) in [5.41, 5.74) is 0.603. The van der Waals surface area contributed by atoms with Gasteiger partial charge in [-0.05, 0) is 51.1 Å². The number of hydrogen-bond donors (Lipinski definition) is 4. The zero-order valence-electron chi connectivity index (χ0n) is 17.7. The summed E-state index contributed by atoms with van der Waals surface area (Å²) in [5, 5.41) is 26.3. The molecule has 3 rings (SSSR count). The van der Waals surface area contributed by atoms with E-state index in [9.17, 15) is 14.7 Å². The van der Waals surface area contributed by atoms with E-state index in [2.05, 4.69) is 15.6 Å². The Hall–Kier alpha value is -3.28. The van der Waals surface area contributed by atoms with Gasteiger partial charge < -0.3 is 25.3 Å². The van der Waals surface area contributed by atoms with Gasteiger partial charge >= 0.3 is 0 Å². The van der Waals surface area contributed by atoms with Crippen molar-refractivity contribution in [3.8, 4) is 6.07 Å². The fourth-order valence-electron chi connectivity index (χ4n) is 3.18. The van der Waals surface area contributed by atoms with Crippen LogP contribution in [-0.2, 0) is 7.05 Å². The number of halogens is 1. The lowest BCUT2D eigenvalue weighted by Crippen LogP contribution is -2.29. The molecule has 9 heteroatoms. The molecule has 0 unspecified atom stereocenters. The first-order valence-corrected chi connectivity index (χ1v) is 10.1. The zero-order valence-corrected chi connectivity index (χ0v) is 18.5. The van der Waals surface area contributed by atoms with Crippen LogP contribution in [-0.4, -0.2) is 26.8 Å². The number of aliphatic hydroxyl groups is 1. The Bertz CT molecular complexity index is 1300. The normalized spacial score (nSPS) is 12.4. The van der Waals surface area contributed by atoms with Gasteiger partial charge in [0.2, 0.25) is 0 Å². The average molecular weight is 442 g/mol. The van der Waals surface area contributed by atoms with Gasteiger partial charge in [-0.1, -0.05) is 11.6 Å². The number of aromatic nitrogens is 2. The molecule has 0 aliphatic carbocycles. The van der Waals surface area contributed by atoms with Crippen molar-refractivity contribution in [2.24, 2.45) is 7.05 Å². The second kappa shape index (κ2) is 8.46. The number of hydrogen-bond acceptors (Lipinski definition) is 6. The minimum atomic E-state index is -0.918. The van der Waals surface area contributed by atoms with Gasteiger partial charge in [0.05, 0.1) is 27.9 Å². The van der Waals surface area contributed by atoms with Crippen LogP contribution >= 0.6 is 11.6 Å². The quantitative estimate of drug-likeness (QED) is 0.466. The van der Waals surface area contributed by atoms with Gasteiger partial charge in [0.1, 0.15) is 17.5 Å². The molecule has 0 saturated carbocycles. The maximum Gasteiger partial charge on any atom is 0.274 e. The topological polar surface area (TPSA) is 123 Å². The smallest absolute Gasteiger partial charge is 0.274 e. The molecular weight excluding hydrogens is 418 g/mol. The van der Waals surface area contributed by atoms with Crippen molar-refractivity contribution < 1.29 is 5.11 Å². The van der Waals surface area contributed by atoms with E-state index in [0.29, 0.717) is 28.3 Å². The molecule has 1 atom stereocenters. The van der Waals surface area contributed by atoms with Gasteiger partial charge in [-0.25, -0.2) is 0 Å². The molecule has 0 saturated heterocycles. The first-order valence-electron chi connectivity index (χ1n) is 9.69. The van der Waals surface area contributed by atoms with Crippen LogP contribution < -0.4 is 21.8 Å². The minimum Gasteiger partial charge on any atom is -0.389 e. The van der Waals surface area contributed by atoms with Crippen molar-refractivity contribution in [1.29, 1.82) is 5.26 Å². The highest BCUT2D eigenvalue weighted by Gasteiger charge is 2.16. The molecule has 3 aromatic rings. The fourth-order valence-corrected chi connectivity index (χ4v) is 3.42. The van der Waals surface area contributed by atoms with Crippen molar-refractivity contribution in [2.75, 3.05) is 17.2 Å². The lowest BCUT2D eigenvalue weighted by atomic mass is 10.1. The van der Waals surface area contributed by atoms with Crippen molar-refractivity contribution in [2.45, 2.75) is 32.4 Å². The molecule has 0 fully saturated rings. The van der Waals surface area contributed by atoms with E-state index in [4.69, 9.17) is 16.9 Å². The van der Waals surface area contributed by atoms with Crippen LogP contribution in [0.1, 0.15) is 38.1 Å². The Morgan fingerprint density at radius 3 is 2.61 bits per heavy atom. The molecule has 0 aliphatic heterocycles. The Balaban J connectivity index is 1.94. The minimum absolute atomic E-state index is 0.246. The van der Waals surface area contributed by atoms with Crippen molar-refractivity contribution in [1.82, 2.24) is 9.55 Å². The summed E-state index contributed by atoms with van der Waals surface area (Å²) in [5.74, 6) is 0. The molecule has 0 amide bonds. The molecule has 31 heavy (non-hydrogen) atoms. The molecule has 8 nitrogen and oxygen atoms in total. The summed E-state index contributed by atoms with van der Waals surface area (Å²) < 4.78 is 1.25. The van der Waals surface area contributed by atoms with Crippen LogP contribution in [0.15, 0.2) is 39.9 Å². The maximum atomic E-state index is 12.7. The second-order valence-corrected chi connectivity index (χ2v) is 8.52. The van der Waals surface area contributed by atoms with E-state index < -0.39 is 11.6 Å². The third-order valence-electron chi connectivity index (χ3n) is 4.93. The third-order valence-corrected chi connectivity index (χ3v) is 5.24. The van der Waals surface area contributed by atoms with Crippen molar-refractivity contribution in [3.63, 3.8) is 0 Å². The Kier molecular flexibility index (Phi) is 6.11. The van der Waals surface area contributed by atoms with E-state index in [0.717, 1.165) is 5.39 Å². The molecule has 162 valence electrons. The van der Waals surface area contributed by atoms with Crippen molar-refractivity contribution >= 4 is 33.9 Å². The number of pyridine rings is 2.